The van der Waals surface area contributed by atoms with Gasteiger partial charge >= 0.3 is 11.9 Å². The molecule has 0 bridgehead atoms. The Balaban J connectivity index is 2.41. The third-order valence-corrected chi connectivity index (χ3v) is 5.43. The molecule has 2 rings (SSSR count). The number of aliphatic hydroxyl groups excluding tert-OH is 1. The van der Waals surface area contributed by atoms with E-state index in [1.165, 1.54) is 0 Å². The van der Waals surface area contributed by atoms with Gasteiger partial charge in [-0.25, -0.2) is 4.79 Å². The standard InChI is InChI=1S/C20H21BrO7/c1-10(17(22)15(19(24)27-3)18(23)20(25)28-4)11-5-7-13-12(9-11)6-8-14(26-2)16(13)21/h5-10,15,18,23H,1-4H3/t10-,15+,18-/m1/s1. The summed E-state index contributed by atoms with van der Waals surface area (Å²) in [4.78, 5) is 36.6. The van der Waals surface area contributed by atoms with Crippen LogP contribution < -0.4 is 4.74 Å². The Morgan fingerprint density at radius 2 is 1.64 bits per heavy atom. The molecule has 8 heteroatoms. The van der Waals surface area contributed by atoms with Gasteiger partial charge < -0.3 is 19.3 Å². The van der Waals surface area contributed by atoms with Gasteiger partial charge in [0.05, 0.1) is 25.8 Å². The van der Waals surface area contributed by atoms with E-state index in [-0.39, 0.29) is 0 Å². The highest BCUT2D eigenvalue weighted by Gasteiger charge is 2.41. The van der Waals surface area contributed by atoms with Crippen molar-refractivity contribution in [1.29, 1.82) is 0 Å². The van der Waals surface area contributed by atoms with E-state index >= 15 is 0 Å². The van der Waals surface area contributed by atoms with Crippen molar-refractivity contribution >= 4 is 44.4 Å². The number of aliphatic hydroxyl groups is 1. The zero-order valence-electron chi connectivity index (χ0n) is 15.9. The maximum atomic E-state index is 12.9. The van der Waals surface area contributed by atoms with Crippen molar-refractivity contribution in [1.82, 2.24) is 0 Å². The van der Waals surface area contributed by atoms with E-state index in [9.17, 15) is 19.5 Å². The Morgan fingerprint density at radius 1 is 1.00 bits per heavy atom. The summed E-state index contributed by atoms with van der Waals surface area (Å²) in [5.74, 6) is -4.49. The quantitative estimate of drug-likeness (QED) is 0.508. The third-order valence-electron chi connectivity index (χ3n) is 4.61. The number of halogens is 1. The lowest BCUT2D eigenvalue weighted by molar-refractivity contribution is -0.166. The number of carbonyl (C=O) groups is 3. The normalized spacial score (nSPS) is 14.1. The number of ketones is 1. The van der Waals surface area contributed by atoms with Crippen molar-refractivity contribution in [3.8, 4) is 5.75 Å². The van der Waals surface area contributed by atoms with E-state index in [2.05, 4.69) is 25.4 Å². The van der Waals surface area contributed by atoms with Crippen molar-refractivity contribution < 1.29 is 33.7 Å². The molecular weight excluding hydrogens is 432 g/mol. The van der Waals surface area contributed by atoms with Crippen LogP contribution in [0.1, 0.15) is 18.4 Å². The van der Waals surface area contributed by atoms with E-state index in [4.69, 9.17) is 4.74 Å². The fourth-order valence-corrected chi connectivity index (χ4v) is 3.59. The minimum Gasteiger partial charge on any atom is -0.496 e. The van der Waals surface area contributed by atoms with Crippen molar-refractivity contribution in [3.05, 3.63) is 40.4 Å². The molecule has 0 heterocycles. The van der Waals surface area contributed by atoms with E-state index < -0.39 is 35.7 Å². The zero-order chi connectivity index (χ0) is 21.0. The molecule has 0 radical (unpaired) electrons. The number of esters is 2. The second-order valence-corrected chi connectivity index (χ2v) is 6.95. The van der Waals surface area contributed by atoms with Crippen LogP contribution in [-0.4, -0.2) is 50.3 Å². The molecule has 1 N–H and O–H groups in total. The molecule has 0 saturated carbocycles. The number of rotatable bonds is 7. The summed E-state index contributed by atoms with van der Waals surface area (Å²) < 4.78 is 15.1. The molecule has 0 spiro atoms. The Morgan fingerprint density at radius 3 is 2.21 bits per heavy atom. The molecule has 150 valence electrons. The summed E-state index contributed by atoms with van der Waals surface area (Å²) in [5.41, 5.74) is 0.625. The molecule has 0 fully saturated rings. The Bertz CT molecular complexity index is 909. The van der Waals surface area contributed by atoms with Crippen LogP contribution in [0.3, 0.4) is 0 Å². The molecule has 0 aliphatic heterocycles. The predicted molar refractivity (Wildman–Crippen MR) is 105 cm³/mol. The van der Waals surface area contributed by atoms with Crippen molar-refractivity contribution in [2.24, 2.45) is 5.92 Å². The van der Waals surface area contributed by atoms with E-state index in [0.717, 1.165) is 29.5 Å². The summed E-state index contributed by atoms with van der Waals surface area (Å²) >= 11 is 3.49. The lowest BCUT2D eigenvalue weighted by Crippen LogP contribution is -2.43. The molecular formula is C20H21BrO7. The molecule has 3 atom stereocenters. The lowest BCUT2D eigenvalue weighted by Gasteiger charge is -2.21. The second kappa shape index (κ2) is 9.16. The van der Waals surface area contributed by atoms with E-state index in [0.29, 0.717) is 11.3 Å². The second-order valence-electron chi connectivity index (χ2n) is 6.16. The number of methoxy groups -OCH3 is 3. The Hall–Kier alpha value is -2.45. The average molecular weight is 453 g/mol. The summed E-state index contributed by atoms with van der Waals surface area (Å²) in [7, 11) is 3.71. The van der Waals surface area contributed by atoms with Crippen LogP contribution in [0, 0.1) is 5.92 Å². The van der Waals surface area contributed by atoms with Gasteiger partial charge in [-0.15, -0.1) is 0 Å². The Labute approximate surface area is 170 Å². The number of carbonyl (C=O) groups excluding carboxylic acids is 3. The molecule has 28 heavy (non-hydrogen) atoms. The molecule has 2 aromatic carbocycles. The minimum atomic E-state index is -1.94. The summed E-state index contributed by atoms with van der Waals surface area (Å²) in [6, 6.07) is 9.02. The van der Waals surface area contributed by atoms with Gasteiger partial charge in [-0.1, -0.05) is 31.2 Å². The average Bonchev–Trinajstić information content (AvgIpc) is 2.72. The van der Waals surface area contributed by atoms with Gasteiger partial charge in [0.25, 0.3) is 0 Å². The number of benzene rings is 2. The summed E-state index contributed by atoms with van der Waals surface area (Å²) in [6.45, 7) is 1.60. The van der Waals surface area contributed by atoms with Gasteiger partial charge in [-0.05, 0) is 38.3 Å². The van der Waals surface area contributed by atoms with Crippen LogP contribution in [0.5, 0.6) is 5.75 Å². The van der Waals surface area contributed by atoms with Gasteiger partial charge in [-0.3, -0.25) is 9.59 Å². The van der Waals surface area contributed by atoms with Crippen LogP contribution in [0.4, 0.5) is 0 Å². The molecule has 0 aliphatic rings. The minimum absolute atomic E-state index is 0.625. The van der Waals surface area contributed by atoms with Crippen molar-refractivity contribution in [2.45, 2.75) is 18.9 Å². The maximum Gasteiger partial charge on any atom is 0.336 e. The fraction of sp³-hybridized carbons (Fsp3) is 0.350. The fourth-order valence-electron chi connectivity index (χ4n) is 2.94. The van der Waals surface area contributed by atoms with Crippen molar-refractivity contribution in [3.63, 3.8) is 0 Å². The molecule has 0 amide bonds. The summed E-state index contributed by atoms with van der Waals surface area (Å²) in [5, 5.41) is 11.8. The highest BCUT2D eigenvalue weighted by atomic mass is 79.9. The first-order chi connectivity index (χ1) is 13.3. The highest BCUT2D eigenvalue weighted by Crippen LogP contribution is 2.35. The smallest absolute Gasteiger partial charge is 0.336 e. The number of hydrogen-bond acceptors (Lipinski definition) is 7. The topological polar surface area (TPSA) is 99.1 Å². The van der Waals surface area contributed by atoms with E-state index in [1.807, 2.05) is 12.1 Å². The van der Waals surface area contributed by atoms with Crippen LogP contribution in [0.15, 0.2) is 34.8 Å². The molecule has 0 saturated heterocycles. The van der Waals surface area contributed by atoms with Crippen LogP contribution in [-0.2, 0) is 23.9 Å². The van der Waals surface area contributed by atoms with Gasteiger partial charge in [0.1, 0.15) is 5.75 Å². The van der Waals surface area contributed by atoms with Gasteiger partial charge in [0.15, 0.2) is 17.8 Å². The van der Waals surface area contributed by atoms with Crippen molar-refractivity contribution in [2.75, 3.05) is 21.3 Å². The maximum absolute atomic E-state index is 12.9. The first-order valence-electron chi connectivity index (χ1n) is 8.40. The Kier molecular flexibility index (Phi) is 7.15. The lowest BCUT2D eigenvalue weighted by atomic mass is 9.85. The summed E-state index contributed by atoms with van der Waals surface area (Å²) in [6.07, 6.45) is -1.94. The molecule has 0 aliphatic carbocycles. The van der Waals surface area contributed by atoms with Crippen LogP contribution in [0.2, 0.25) is 0 Å². The predicted octanol–water partition coefficient (Wildman–Crippen LogP) is 2.61. The molecule has 2 aromatic rings. The SMILES string of the molecule is COC(=O)[C@@H](C(=O)[C@H](C)c1ccc2c(Br)c(OC)ccc2c1)[C@@H](O)C(=O)OC. The zero-order valence-corrected chi connectivity index (χ0v) is 17.5. The number of fused-ring (bicyclic) bond motifs is 1. The number of ether oxygens (including phenoxy) is 3. The number of Topliss-reactive ketones (excluding diaryl/α,β-unsaturated/α-hetero) is 1. The first kappa shape index (κ1) is 21.8. The van der Waals surface area contributed by atoms with Gasteiger partial charge in [0.2, 0.25) is 0 Å². The third kappa shape index (κ3) is 4.18. The first-order valence-corrected chi connectivity index (χ1v) is 9.19. The van der Waals surface area contributed by atoms with Crippen LogP contribution >= 0.6 is 15.9 Å². The molecule has 7 nitrogen and oxygen atoms in total. The number of hydrogen-bond donors (Lipinski definition) is 1. The highest BCUT2D eigenvalue weighted by molar-refractivity contribution is 9.10. The molecule has 0 unspecified atom stereocenters. The monoisotopic (exact) mass is 452 g/mol. The van der Waals surface area contributed by atoms with Gasteiger partial charge in [0, 0.05) is 5.92 Å². The van der Waals surface area contributed by atoms with E-state index in [1.54, 1.807) is 32.2 Å². The largest absolute Gasteiger partial charge is 0.496 e. The van der Waals surface area contributed by atoms with Crippen LogP contribution in [0.25, 0.3) is 10.8 Å². The van der Waals surface area contributed by atoms with Gasteiger partial charge in [-0.2, -0.15) is 0 Å². The molecule has 0 aromatic heterocycles.